The van der Waals surface area contributed by atoms with Crippen LogP contribution in [0.2, 0.25) is 0 Å². The highest BCUT2D eigenvalue weighted by molar-refractivity contribution is 5.96. The second kappa shape index (κ2) is 5.38. The van der Waals surface area contributed by atoms with E-state index in [4.69, 9.17) is 4.42 Å². The number of aliphatic hydroxyl groups excluding tert-OH is 1. The van der Waals surface area contributed by atoms with Crippen molar-refractivity contribution in [3.63, 3.8) is 0 Å². The molecule has 21 heavy (non-hydrogen) atoms. The molecule has 2 N–H and O–H groups in total. The number of nitrogens with zero attached hydrogens (tertiary/aromatic N) is 1. The molecule has 0 aliphatic rings. The van der Waals surface area contributed by atoms with Crippen molar-refractivity contribution in [1.29, 1.82) is 0 Å². The lowest BCUT2D eigenvalue weighted by atomic mass is 10.1. The van der Waals surface area contributed by atoms with Gasteiger partial charge in [0.05, 0.1) is 0 Å². The van der Waals surface area contributed by atoms with Gasteiger partial charge in [-0.15, -0.1) is 0 Å². The Morgan fingerprint density at radius 1 is 1.24 bits per heavy atom. The van der Waals surface area contributed by atoms with E-state index in [1.54, 1.807) is 49.4 Å². The SMILES string of the molecule is Cc1nc2ccc(NC(=O)C(O)c3ccccc3)cc2o1. The zero-order chi connectivity index (χ0) is 14.8. The van der Waals surface area contributed by atoms with Gasteiger partial charge in [-0.1, -0.05) is 30.3 Å². The van der Waals surface area contributed by atoms with Gasteiger partial charge in [-0.2, -0.15) is 0 Å². The summed E-state index contributed by atoms with van der Waals surface area (Å²) in [6.07, 6.45) is -1.21. The van der Waals surface area contributed by atoms with Gasteiger partial charge < -0.3 is 14.8 Å². The van der Waals surface area contributed by atoms with Crippen LogP contribution in [0.15, 0.2) is 52.9 Å². The third-order valence-electron chi connectivity index (χ3n) is 3.13. The van der Waals surface area contributed by atoms with E-state index in [-0.39, 0.29) is 0 Å². The molecule has 5 nitrogen and oxygen atoms in total. The number of aliphatic hydroxyl groups is 1. The summed E-state index contributed by atoms with van der Waals surface area (Å²) in [7, 11) is 0. The fourth-order valence-corrected chi connectivity index (χ4v) is 2.11. The topological polar surface area (TPSA) is 75.4 Å². The second-order valence-corrected chi connectivity index (χ2v) is 4.72. The Hall–Kier alpha value is -2.66. The van der Waals surface area contributed by atoms with Crippen molar-refractivity contribution in [3.8, 4) is 0 Å². The summed E-state index contributed by atoms with van der Waals surface area (Å²) in [5, 5.41) is 12.7. The fourth-order valence-electron chi connectivity index (χ4n) is 2.11. The number of carbonyl (C=O) groups is 1. The van der Waals surface area contributed by atoms with Gasteiger partial charge in [0.1, 0.15) is 5.52 Å². The minimum atomic E-state index is -1.21. The van der Waals surface area contributed by atoms with Crippen molar-refractivity contribution in [2.75, 3.05) is 5.32 Å². The Morgan fingerprint density at radius 3 is 2.76 bits per heavy atom. The van der Waals surface area contributed by atoms with Crippen LogP contribution < -0.4 is 5.32 Å². The van der Waals surface area contributed by atoms with Crippen molar-refractivity contribution in [1.82, 2.24) is 4.98 Å². The normalized spacial score (nSPS) is 12.3. The van der Waals surface area contributed by atoms with Crippen LogP contribution in [0.3, 0.4) is 0 Å². The molecule has 0 aliphatic heterocycles. The number of carbonyl (C=O) groups excluding carboxylic acids is 1. The van der Waals surface area contributed by atoms with E-state index in [0.717, 1.165) is 5.52 Å². The van der Waals surface area contributed by atoms with Gasteiger partial charge in [0.2, 0.25) is 0 Å². The van der Waals surface area contributed by atoms with Gasteiger partial charge in [0.25, 0.3) is 5.91 Å². The standard InChI is InChI=1S/C16H14N2O3/c1-10-17-13-8-7-12(9-14(13)21-10)18-16(20)15(19)11-5-3-2-4-6-11/h2-9,15,19H,1H3,(H,18,20). The highest BCUT2D eigenvalue weighted by Crippen LogP contribution is 2.21. The number of aryl methyl sites for hydroxylation is 1. The summed E-state index contributed by atoms with van der Waals surface area (Å²) in [5.74, 6) is 0.0783. The number of benzene rings is 2. The van der Waals surface area contributed by atoms with E-state index in [2.05, 4.69) is 10.3 Å². The van der Waals surface area contributed by atoms with Crippen LogP contribution in [0, 0.1) is 6.92 Å². The summed E-state index contributed by atoms with van der Waals surface area (Å²) < 4.78 is 5.41. The molecule has 0 aliphatic carbocycles. The molecule has 3 aromatic rings. The summed E-state index contributed by atoms with van der Waals surface area (Å²) in [5.41, 5.74) is 2.43. The first kappa shape index (κ1) is 13.3. The van der Waals surface area contributed by atoms with E-state index in [1.165, 1.54) is 0 Å². The summed E-state index contributed by atoms with van der Waals surface area (Å²) in [6.45, 7) is 1.76. The number of nitrogens with one attached hydrogen (secondary N) is 1. The number of oxazole rings is 1. The molecule has 0 fully saturated rings. The molecule has 1 atom stereocenters. The van der Waals surface area contributed by atoms with E-state index in [9.17, 15) is 9.90 Å². The monoisotopic (exact) mass is 282 g/mol. The van der Waals surface area contributed by atoms with Crippen molar-refractivity contribution in [2.24, 2.45) is 0 Å². The molecule has 0 spiro atoms. The van der Waals surface area contributed by atoms with Crippen molar-refractivity contribution in [3.05, 3.63) is 60.0 Å². The number of hydrogen-bond acceptors (Lipinski definition) is 4. The lowest BCUT2D eigenvalue weighted by molar-refractivity contribution is -0.124. The minimum absolute atomic E-state index is 0.489. The van der Waals surface area contributed by atoms with Gasteiger partial charge in [-0.25, -0.2) is 4.98 Å². The minimum Gasteiger partial charge on any atom is -0.441 e. The highest BCUT2D eigenvalue weighted by Gasteiger charge is 2.17. The average Bonchev–Trinajstić information content (AvgIpc) is 2.86. The molecule has 1 heterocycles. The smallest absolute Gasteiger partial charge is 0.257 e. The van der Waals surface area contributed by atoms with Gasteiger partial charge in [-0.05, 0) is 17.7 Å². The van der Waals surface area contributed by atoms with E-state index in [1.807, 2.05) is 6.07 Å². The predicted molar refractivity (Wildman–Crippen MR) is 78.8 cm³/mol. The zero-order valence-electron chi connectivity index (χ0n) is 11.4. The number of anilines is 1. The maximum Gasteiger partial charge on any atom is 0.257 e. The van der Waals surface area contributed by atoms with Crippen LogP contribution in [-0.4, -0.2) is 16.0 Å². The van der Waals surface area contributed by atoms with Gasteiger partial charge >= 0.3 is 0 Å². The van der Waals surface area contributed by atoms with Gasteiger partial charge in [0, 0.05) is 18.7 Å². The van der Waals surface area contributed by atoms with Crippen LogP contribution in [0.5, 0.6) is 0 Å². The maximum atomic E-state index is 12.0. The number of hydrogen-bond donors (Lipinski definition) is 2. The molecule has 2 aromatic carbocycles. The Kier molecular flexibility index (Phi) is 3.41. The Balaban J connectivity index is 1.79. The fraction of sp³-hybridized carbons (Fsp3) is 0.125. The van der Waals surface area contributed by atoms with Crippen LogP contribution in [-0.2, 0) is 4.79 Å². The number of fused-ring (bicyclic) bond motifs is 1. The Bertz CT molecular complexity index is 781. The van der Waals surface area contributed by atoms with Gasteiger partial charge in [0.15, 0.2) is 17.6 Å². The molecule has 106 valence electrons. The van der Waals surface area contributed by atoms with E-state index < -0.39 is 12.0 Å². The Labute approximate surface area is 121 Å². The van der Waals surface area contributed by atoms with E-state index >= 15 is 0 Å². The third-order valence-corrected chi connectivity index (χ3v) is 3.13. The zero-order valence-corrected chi connectivity index (χ0v) is 11.4. The predicted octanol–water partition coefficient (Wildman–Crippen LogP) is 2.81. The molecule has 5 heteroatoms. The summed E-state index contributed by atoms with van der Waals surface area (Å²) in [6, 6.07) is 13.9. The molecule has 0 saturated heterocycles. The molecule has 1 aromatic heterocycles. The lowest BCUT2D eigenvalue weighted by Crippen LogP contribution is -2.20. The number of amides is 1. The molecule has 0 bridgehead atoms. The second-order valence-electron chi connectivity index (χ2n) is 4.72. The highest BCUT2D eigenvalue weighted by atomic mass is 16.3. The van der Waals surface area contributed by atoms with Crippen LogP contribution in [0.25, 0.3) is 11.1 Å². The summed E-state index contributed by atoms with van der Waals surface area (Å²) >= 11 is 0. The summed E-state index contributed by atoms with van der Waals surface area (Å²) in [4.78, 5) is 16.2. The van der Waals surface area contributed by atoms with Gasteiger partial charge in [-0.3, -0.25) is 4.79 Å². The molecular weight excluding hydrogens is 268 g/mol. The molecule has 1 unspecified atom stereocenters. The third kappa shape index (κ3) is 2.78. The maximum absolute atomic E-state index is 12.0. The average molecular weight is 282 g/mol. The van der Waals surface area contributed by atoms with Crippen molar-refractivity contribution < 1.29 is 14.3 Å². The number of aromatic nitrogens is 1. The number of rotatable bonds is 3. The molecule has 3 rings (SSSR count). The molecule has 1 amide bonds. The Morgan fingerprint density at radius 2 is 2.00 bits per heavy atom. The first-order valence-electron chi connectivity index (χ1n) is 6.54. The first-order valence-corrected chi connectivity index (χ1v) is 6.54. The van der Waals surface area contributed by atoms with Crippen molar-refractivity contribution >= 4 is 22.7 Å². The largest absolute Gasteiger partial charge is 0.441 e. The van der Waals surface area contributed by atoms with Crippen molar-refractivity contribution in [2.45, 2.75) is 13.0 Å². The van der Waals surface area contributed by atoms with Crippen LogP contribution in [0.4, 0.5) is 5.69 Å². The first-order chi connectivity index (χ1) is 10.1. The van der Waals surface area contributed by atoms with Crippen LogP contribution in [0.1, 0.15) is 17.6 Å². The van der Waals surface area contributed by atoms with E-state index in [0.29, 0.717) is 22.7 Å². The lowest BCUT2D eigenvalue weighted by Gasteiger charge is -2.11. The molecule has 0 saturated carbocycles. The molecule has 0 radical (unpaired) electrons. The van der Waals surface area contributed by atoms with Crippen LogP contribution >= 0.6 is 0 Å². The quantitative estimate of drug-likeness (QED) is 0.774. The molecular formula is C16H14N2O3.